The molecule has 6 heteroatoms. The monoisotopic (exact) mass is 275 g/mol. The molecular weight excluding hydrogens is 258 g/mol. The maximum atomic E-state index is 11.8. The van der Waals surface area contributed by atoms with Crippen molar-refractivity contribution in [1.29, 1.82) is 0 Å². The summed E-state index contributed by atoms with van der Waals surface area (Å²) in [7, 11) is 0. The zero-order chi connectivity index (χ0) is 14.3. The van der Waals surface area contributed by atoms with Crippen LogP contribution >= 0.6 is 0 Å². The van der Waals surface area contributed by atoms with Crippen molar-refractivity contribution in [2.75, 3.05) is 29.4 Å². The molecule has 1 aromatic rings. The van der Waals surface area contributed by atoms with Gasteiger partial charge in [0.1, 0.15) is 6.10 Å². The summed E-state index contributed by atoms with van der Waals surface area (Å²) in [4.78, 5) is 26.7. The highest BCUT2D eigenvalue weighted by Gasteiger charge is 2.32. The largest absolute Gasteiger partial charge is 0.443 e. The fourth-order valence-electron chi connectivity index (χ4n) is 2.74. The topological polar surface area (TPSA) is 75.9 Å². The molecule has 1 atom stereocenters. The van der Waals surface area contributed by atoms with Crippen molar-refractivity contribution in [3.8, 4) is 0 Å². The highest BCUT2D eigenvalue weighted by Crippen LogP contribution is 2.33. The van der Waals surface area contributed by atoms with Crippen molar-refractivity contribution in [2.45, 2.75) is 19.4 Å². The molecule has 0 aliphatic carbocycles. The summed E-state index contributed by atoms with van der Waals surface area (Å²) in [5.41, 5.74) is 8.35. The minimum atomic E-state index is -0.359. The zero-order valence-corrected chi connectivity index (χ0v) is 11.3. The lowest BCUT2D eigenvalue weighted by molar-refractivity contribution is -0.116. The Morgan fingerprint density at radius 1 is 1.50 bits per heavy atom. The third-order valence-electron chi connectivity index (χ3n) is 3.79. The van der Waals surface area contributed by atoms with Gasteiger partial charge in [0, 0.05) is 31.4 Å². The van der Waals surface area contributed by atoms with Gasteiger partial charge in [-0.2, -0.15) is 0 Å². The molecule has 1 aromatic carbocycles. The van der Waals surface area contributed by atoms with Crippen LogP contribution in [-0.4, -0.2) is 37.7 Å². The fraction of sp³-hybridized carbons (Fsp3) is 0.429. The number of cyclic esters (lactones) is 1. The van der Waals surface area contributed by atoms with E-state index in [4.69, 9.17) is 10.5 Å². The second kappa shape index (κ2) is 4.79. The molecule has 3 rings (SSSR count). The van der Waals surface area contributed by atoms with Crippen molar-refractivity contribution >= 4 is 23.4 Å². The van der Waals surface area contributed by atoms with Gasteiger partial charge in [0.25, 0.3) is 0 Å². The van der Waals surface area contributed by atoms with E-state index in [0.717, 1.165) is 23.4 Å². The maximum Gasteiger partial charge on any atom is 0.414 e. The van der Waals surface area contributed by atoms with Gasteiger partial charge in [0.05, 0.1) is 6.54 Å². The predicted octanol–water partition coefficient (Wildman–Crippen LogP) is 0.880. The Kier molecular flexibility index (Phi) is 3.10. The summed E-state index contributed by atoms with van der Waals surface area (Å²) >= 11 is 0. The minimum absolute atomic E-state index is 0.0419. The van der Waals surface area contributed by atoms with E-state index in [1.165, 1.54) is 0 Å². The van der Waals surface area contributed by atoms with Crippen molar-refractivity contribution < 1.29 is 14.3 Å². The van der Waals surface area contributed by atoms with Gasteiger partial charge in [-0.25, -0.2) is 4.79 Å². The van der Waals surface area contributed by atoms with Crippen LogP contribution in [0.5, 0.6) is 0 Å². The molecule has 0 bridgehead atoms. The van der Waals surface area contributed by atoms with Crippen molar-refractivity contribution in [3.05, 3.63) is 23.8 Å². The Labute approximate surface area is 117 Å². The standard InChI is InChI=1S/C14H17N3O3/c1-9(18)16-5-4-10-6-11(2-3-13(10)16)17-8-12(7-15)20-14(17)19/h2-3,6,12H,4-5,7-8,15H2,1H3/t12-/m0/s1. The van der Waals surface area contributed by atoms with E-state index in [-0.39, 0.29) is 18.1 Å². The van der Waals surface area contributed by atoms with Crippen molar-refractivity contribution in [3.63, 3.8) is 0 Å². The highest BCUT2D eigenvalue weighted by molar-refractivity contribution is 5.95. The quantitative estimate of drug-likeness (QED) is 0.869. The number of amides is 2. The summed E-state index contributed by atoms with van der Waals surface area (Å²) in [6, 6.07) is 5.70. The molecule has 106 valence electrons. The second-order valence-electron chi connectivity index (χ2n) is 5.09. The number of hydrogen-bond acceptors (Lipinski definition) is 4. The SMILES string of the molecule is CC(=O)N1CCc2cc(N3C[C@H](CN)OC3=O)ccc21. The van der Waals surface area contributed by atoms with Crippen LogP contribution in [0.25, 0.3) is 0 Å². The van der Waals surface area contributed by atoms with Crippen LogP contribution in [0.15, 0.2) is 18.2 Å². The van der Waals surface area contributed by atoms with Crippen LogP contribution < -0.4 is 15.5 Å². The van der Waals surface area contributed by atoms with E-state index in [2.05, 4.69) is 0 Å². The number of nitrogens with zero attached hydrogens (tertiary/aromatic N) is 2. The van der Waals surface area contributed by atoms with Crippen LogP contribution in [0.4, 0.5) is 16.2 Å². The van der Waals surface area contributed by atoms with Crippen LogP contribution in [0.3, 0.4) is 0 Å². The van der Waals surface area contributed by atoms with Gasteiger partial charge in [-0.1, -0.05) is 0 Å². The molecule has 0 aromatic heterocycles. The van der Waals surface area contributed by atoms with Gasteiger partial charge in [0.2, 0.25) is 5.91 Å². The number of carbonyl (C=O) groups excluding carboxylic acids is 2. The lowest BCUT2D eigenvalue weighted by Gasteiger charge is -2.17. The number of fused-ring (bicyclic) bond motifs is 1. The molecule has 1 fully saturated rings. The number of ether oxygens (including phenoxy) is 1. The molecule has 2 aliphatic heterocycles. The smallest absolute Gasteiger partial charge is 0.414 e. The van der Waals surface area contributed by atoms with E-state index < -0.39 is 0 Å². The molecule has 0 saturated carbocycles. The molecule has 2 N–H and O–H groups in total. The maximum absolute atomic E-state index is 11.8. The molecule has 20 heavy (non-hydrogen) atoms. The molecule has 0 spiro atoms. The Morgan fingerprint density at radius 3 is 2.95 bits per heavy atom. The Morgan fingerprint density at radius 2 is 2.30 bits per heavy atom. The molecule has 2 amide bonds. The summed E-state index contributed by atoms with van der Waals surface area (Å²) in [5, 5.41) is 0. The Hall–Kier alpha value is -2.08. The number of benzene rings is 1. The number of rotatable bonds is 2. The molecule has 0 unspecified atom stereocenters. The van der Waals surface area contributed by atoms with Gasteiger partial charge < -0.3 is 15.4 Å². The molecular formula is C14H17N3O3. The van der Waals surface area contributed by atoms with E-state index in [0.29, 0.717) is 19.6 Å². The average molecular weight is 275 g/mol. The zero-order valence-electron chi connectivity index (χ0n) is 11.3. The highest BCUT2D eigenvalue weighted by atomic mass is 16.6. The number of nitrogens with two attached hydrogens (primary N) is 1. The van der Waals surface area contributed by atoms with Crippen molar-refractivity contribution in [1.82, 2.24) is 0 Å². The first-order chi connectivity index (χ1) is 9.60. The fourth-order valence-corrected chi connectivity index (χ4v) is 2.74. The van der Waals surface area contributed by atoms with Crippen LogP contribution in [0.1, 0.15) is 12.5 Å². The van der Waals surface area contributed by atoms with Crippen LogP contribution in [-0.2, 0) is 16.0 Å². The first kappa shape index (κ1) is 12.9. The predicted molar refractivity (Wildman–Crippen MR) is 74.8 cm³/mol. The van der Waals surface area contributed by atoms with Crippen LogP contribution in [0.2, 0.25) is 0 Å². The van der Waals surface area contributed by atoms with E-state index >= 15 is 0 Å². The summed E-state index contributed by atoms with van der Waals surface area (Å²) in [5.74, 6) is 0.0419. The van der Waals surface area contributed by atoms with Crippen molar-refractivity contribution in [2.24, 2.45) is 5.73 Å². The third-order valence-corrected chi connectivity index (χ3v) is 3.79. The lowest BCUT2D eigenvalue weighted by atomic mass is 10.1. The van der Waals surface area contributed by atoms with E-state index in [9.17, 15) is 9.59 Å². The first-order valence-electron chi connectivity index (χ1n) is 6.69. The minimum Gasteiger partial charge on any atom is -0.443 e. The van der Waals surface area contributed by atoms with Gasteiger partial charge in [-0.3, -0.25) is 9.69 Å². The molecule has 0 radical (unpaired) electrons. The molecule has 2 aliphatic rings. The van der Waals surface area contributed by atoms with Gasteiger partial charge in [-0.05, 0) is 30.2 Å². The molecule has 1 saturated heterocycles. The summed E-state index contributed by atoms with van der Waals surface area (Å²) in [6.45, 7) is 3.06. The normalized spacial score (nSPS) is 21.1. The molecule has 6 nitrogen and oxygen atoms in total. The number of carbonyl (C=O) groups is 2. The Balaban J connectivity index is 1.87. The average Bonchev–Trinajstić information content (AvgIpc) is 3.01. The van der Waals surface area contributed by atoms with Gasteiger partial charge in [-0.15, -0.1) is 0 Å². The number of anilines is 2. The van der Waals surface area contributed by atoms with Gasteiger partial charge in [0.15, 0.2) is 0 Å². The van der Waals surface area contributed by atoms with Crippen LogP contribution in [0, 0.1) is 0 Å². The summed E-state index contributed by atoms with van der Waals surface area (Å²) < 4.78 is 5.15. The third kappa shape index (κ3) is 2.02. The number of hydrogen-bond donors (Lipinski definition) is 1. The van der Waals surface area contributed by atoms with E-state index in [1.54, 1.807) is 16.7 Å². The first-order valence-corrected chi connectivity index (χ1v) is 6.69. The summed E-state index contributed by atoms with van der Waals surface area (Å²) in [6.07, 6.45) is 0.206. The van der Waals surface area contributed by atoms with E-state index in [1.807, 2.05) is 18.2 Å². The molecule has 2 heterocycles. The lowest BCUT2D eigenvalue weighted by Crippen LogP contribution is -2.27. The van der Waals surface area contributed by atoms with Gasteiger partial charge >= 0.3 is 6.09 Å². The second-order valence-corrected chi connectivity index (χ2v) is 5.09. The Bertz CT molecular complexity index is 573.